The molecule has 0 aliphatic rings. The SMILES string of the molecule is N#CCNC(=O)Cc1ccncc1. The smallest absolute Gasteiger partial charge is 0.225 e. The number of amides is 1. The molecule has 0 atom stereocenters. The molecule has 0 saturated carbocycles. The third-order valence-corrected chi connectivity index (χ3v) is 1.48. The molecule has 1 heterocycles. The monoisotopic (exact) mass is 175 g/mol. The van der Waals surface area contributed by atoms with Gasteiger partial charge < -0.3 is 5.32 Å². The van der Waals surface area contributed by atoms with Gasteiger partial charge in [-0.3, -0.25) is 9.78 Å². The summed E-state index contributed by atoms with van der Waals surface area (Å²) < 4.78 is 0. The van der Waals surface area contributed by atoms with Crippen LogP contribution < -0.4 is 5.32 Å². The molecule has 0 spiro atoms. The Morgan fingerprint density at radius 2 is 2.23 bits per heavy atom. The first-order valence-electron chi connectivity index (χ1n) is 3.85. The average Bonchev–Trinajstić information content (AvgIpc) is 2.16. The first-order chi connectivity index (χ1) is 6.33. The zero-order chi connectivity index (χ0) is 9.52. The van der Waals surface area contributed by atoms with Crippen LogP contribution in [0.5, 0.6) is 0 Å². The predicted octanol–water partition coefficient (Wildman–Crippen LogP) is 0.264. The molecule has 0 aliphatic heterocycles. The van der Waals surface area contributed by atoms with Crippen molar-refractivity contribution < 1.29 is 4.79 Å². The maximum absolute atomic E-state index is 11.1. The van der Waals surface area contributed by atoms with Crippen LogP contribution in [-0.2, 0) is 11.2 Å². The van der Waals surface area contributed by atoms with E-state index in [1.165, 1.54) is 0 Å². The molecule has 4 heteroatoms. The summed E-state index contributed by atoms with van der Waals surface area (Å²) in [4.78, 5) is 14.9. The third-order valence-electron chi connectivity index (χ3n) is 1.48. The molecule has 0 bridgehead atoms. The van der Waals surface area contributed by atoms with Crippen molar-refractivity contribution in [3.8, 4) is 6.07 Å². The van der Waals surface area contributed by atoms with Gasteiger partial charge in [-0.25, -0.2) is 0 Å². The quantitative estimate of drug-likeness (QED) is 0.670. The van der Waals surface area contributed by atoms with E-state index >= 15 is 0 Å². The topological polar surface area (TPSA) is 65.8 Å². The van der Waals surface area contributed by atoms with Gasteiger partial charge in [0.15, 0.2) is 0 Å². The zero-order valence-electron chi connectivity index (χ0n) is 7.03. The Morgan fingerprint density at radius 1 is 1.54 bits per heavy atom. The van der Waals surface area contributed by atoms with Gasteiger partial charge in [-0.15, -0.1) is 0 Å². The molecule has 1 aromatic heterocycles. The third kappa shape index (κ3) is 3.34. The van der Waals surface area contributed by atoms with Gasteiger partial charge in [-0.1, -0.05) is 0 Å². The van der Waals surface area contributed by atoms with Crippen molar-refractivity contribution >= 4 is 5.91 Å². The van der Waals surface area contributed by atoms with Crippen molar-refractivity contribution in [1.29, 1.82) is 5.26 Å². The molecule has 1 aromatic rings. The highest BCUT2D eigenvalue weighted by Crippen LogP contribution is 1.96. The number of nitrogens with one attached hydrogen (secondary N) is 1. The molecule has 1 amide bonds. The number of hydrogen-bond donors (Lipinski definition) is 1. The Hall–Kier alpha value is -1.89. The van der Waals surface area contributed by atoms with Crippen LogP contribution in [0.15, 0.2) is 24.5 Å². The fourth-order valence-electron chi connectivity index (χ4n) is 0.887. The molecule has 0 aromatic carbocycles. The van der Waals surface area contributed by atoms with Crippen LogP contribution in [-0.4, -0.2) is 17.4 Å². The summed E-state index contributed by atoms with van der Waals surface area (Å²) in [5, 5.41) is 10.7. The Morgan fingerprint density at radius 3 is 2.85 bits per heavy atom. The van der Waals surface area contributed by atoms with E-state index in [9.17, 15) is 4.79 Å². The van der Waals surface area contributed by atoms with E-state index in [2.05, 4.69) is 10.3 Å². The highest BCUT2D eigenvalue weighted by molar-refractivity contribution is 5.78. The number of carbonyl (C=O) groups excluding carboxylic acids is 1. The molecule has 0 saturated heterocycles. The number of carbonyl (C=O) groups is 1. The minimum Gasteiger partial charge on any atom is -0.343 e. The Kier molecular flexibility index (Phi) is 3.45. The second kappa shape index (κ2) is 4.88. The van der Waals surface area contributed by atoms with Crippen molar-refractivity contribution in [3.63, 3.8) is 0 Å². The van der Waals surface area contributed by atoms with Crippen molar-refractivity contribution in [2.75, 3.05) is 6.54 Å². The molecule has 4 nitrogen and oxygen atoms in total. The Labute approximate surface area is 76.2 Å². The van der Waals surface area contributed by atoms with Gasteiger partial charge in [0.25, 0.3) is 0 Å². The molecule has 13 heavy (non-hydrogen) atoms. The number of pyridine rings is 1. The number of nitriles is 1. The number of aromatic nitrogens is 1. The summed E-state index contributed by atoms with van der Waals surface area (Å²) in [6.07, 6.45) is 3.56. The van der Waals surface area contributed by atoms with E-state index in [1.54, 1.807) is 24.5 Å². The van der Waals surface area contributed by atoms with Gasteiger partial charge in [0.05, 0.1) is 12.5 Å². The minimum atomic E-state index is -0.146. The fraction of sp³-hybridized carbons (Fsp3) is 0.222. The number of nitrogens with zero attached hydrogens (tertiary/aromatic N) is 2. The van der Waals surface area contributed by atoms with E-state index in [4.69, 9.17) is 5.26 Å². The van der Waals surface area contributed by atoms with Crippen molar-refractivity contribution in [2.45, 2.75) is 6.42 Å². The van der Waals surface area contributed by atoms with Crippen molar-refractivity contribution in [3.05, 3.63) is 30.1 Å². The van der Waals surface area contributed by atoms with Gasteiger partial charge >= 0.3 is 0 Å². The van der Waals surface area contributed by atoms with Crippen molar-refractivity contribution in [2.24, 2.45) is 0 Å². The lowest BCUT2D eigenvalue weighted by atomic mass is 10.2. The van der Waals surface area contributed by atoms with Crippen LogP contribution >= 0.6 is 0 Å². The fourth-order valence-corrected chi connectivity index (χ4v) is 0.887. The number of hydrogen-bond acceptors (Lipinski definition) is 3. The second-order valence-corrected chi connectivity index (χ2v) is 2.47. The van der Waals surface area contributed by atoms with Gasteiger partial charge in [0.2, 0.25) is 5.91 Å². The number of rotatable bonds is 3. The summed E-state index contributed by atoms with van der Waals surface area (Å²) in [6.45, 7) is 0.0594. The highest BCUT2D eigenvalue weighted by atomic mass is 16.1. The van der Waals surface area contributed by atoms with E-state index < -0.39 is 0 Å². The summed E-state index contributed by atoms with van der Waals surface area (Å²) >= 11 is 0. The van der Waals surface area contributed by atoms with Crippen LogP contribution in [0.2, 0.25) is 0 Å². The van der Waals surface area contributed by atoms with E-state index in [0.29, 0.717) is 6.42 Å². The molecule has 0 aliphatic carbocycles. The lowest BCUT2D eigenvalue weighted by Gasteiger charge is -1.99. The Balaban J connectivity index is 2.42. The second-order valence-electron chi connectivity index (χ2n) is 2.47. The summed E-state index contributed by atoms with van der Waals surface area (Å²) in [7, 11) is 0. The van der Waals surface area contributed by atoms with Gasteiger partial charge in [0, 0.05) is 12.4 Å². The van der Waals surface area contributed by atoms with Crippen LogP contribution in [0.4, 0.5) is 0 Å². The molecule has 0 unspecified atom stereocenters. The molecule has 1 N–H and O–H groups in total. The maximum atomic E-state index is 11.1. The Bertz CT molecular complexity index is 315. The molecular weight excluding hydrogens is 166 g/mol. The first kappa shape index (κ1) is 9.20. The van der Waals surface area contributed by atoms with E-state index in [-0.39, 0.29) is 12.5 Å². The zero-order valence-corrected chi connectivity index (χ0v) is 7.03. The van der Waals surface area contributed by atoms with Crippen LogP contribution in [0.3, 0.4) is 0 Å². The molecular formula is C9H9N3O. The lowest BCUT2D eigenvalue weighted by molar-refractivity contribution is -0.120. The summed E-state index contributed by atoms with van der Waals surface area (Å²) in [5.41, 5.74) is 0.894. The molecule has 1 rings (SSSR count). The van der Waals surface area contributed by atoms with Crippen LogP contribution in [0.25, 0.3) is 0 Å². The van der Waals surface area contributed by atoms with Gasteiger partial charge in [0.1, 0.15) is 6.54 Å². The van der Waals surface area contributed by atoms with Crippen LogP contribution in [0.1, 0.15) is 5.56 Å². The normalized spacial score (nSPS) is 8.85. The van der Waals surface area contributed by atoms with Gasteiger partial charge in [-0.05, 0) is 17.7 Å². The highest BCUT2D eigenvalue weighted by Gasteiger charge is 2.00. The van der Waals surface area contributed by atoms with E-state index in [1.807, 2.05) is 6.07 Å². The molecule has 0 fully saturated rings. The average molecular weight is 175 g/mol. The van der Waals surface area contributed by atoms with E-state index in [0.717, 1.165) is 5.56 Å². The first-order valence-corrected chi connectivity index (χ1v) is 3.85. The minimum absolute atomic E-state index is 0.0594. The van der Waals surface area contributed by atoms with Crippen molar-refractivity contribution in [1.82, 2.24) is 10.3 Å². The maximum Gasteiger partial charge on any atom is 0.225 e. The summed E-state index contributed by atoms with van der Waals surface area (Å²) in [6, 6.07) is 5.38. The van der Waals surface area contributed by atoms with Crippen LogP contribution in [0, 0.1) is 11.3 Å². The van der Waals surface area contributed by atoms with Gasteiger partial charge in [-0.2, -0.15) is 5.26 Å². The standard InChI is InChI=1S/C9H9N3O/c10-3-6-12-9(13)7-8-1-4-11-5-2-8/h1-2,4-5H,6-7H2,(H,12,13). The predicted molar refractivity (Wildman–Crippen MR) is 46.6 cm³/mol. The molecule has 0 radical (unpaired) electrons. The lowest BCUT2D eigenvalue weighted by Crippen LogP contribution is -2.25. The molecule has 66 valence electrons. The summed E-state index contributed by atoms with van der Waals surface area (Å²) in [5.74, 6) is -0.146. The largest absolute Gasteiger partial charge is 0.343 e.